The van der Waals surface area contributed by atoms with E-state index in [4.69, 9.17) is 5.84 Å². The molecule has 0 amide bonds. The summed E-state index contributed by atoms with van der Waals surface area (Å²) in [7, 11) is -1.15. The standard InChI is InChI=1S/C7H11N3OS/c1-12(11)9-10(8)7-5-3-2-4-6-7/h2-6,9H,8H2,1H3. The lowest BCUT2D eigenvalue weighted by atomic mass is 10.3. The first-order chi connectivity index (χ1) is 5.70. The lowest BCUT2D eigenvalue weighted by Crippen LogP contribution is -2.44. The zero-order valence-electron chi connectivity index (χ0n) is 6.73. The first kappa shape index (κ1) is 9.18. The maximum absolute atomic E-state index is 10.7. The van der Waals surface area contributed by atoms with Crippen LogP contribution in [0.2, 0.25) is 0 Å². The molecule has 0 aromatic heterocycles. The van der Waals surface area contributed by atoms with Gasteiger partial charge in [0, 0.05) is 6.26 Å². The fraction of sp³-hybridized carbons (Fsp3) is 0.143. The minimum Gasteiger partial charge on any atom is -0.242 e. The number of nitrogens with two attached hydrogens (primary N) is 1. The van der Waals surface area contributed by atoms with Crippen LogP contribution in [0, 0.1) is 0 Å². The molecule has 0 aliphatic carbocycles. The van der Waals surface area contributed by atoms with E-state index in [1.54, 1.807) is 0 Å². The Morgan fingerprint density at radius 3 is 2.50 bits per heavy atom. The molecule has 0 aliphatic rings. The van der Waals surface area contributed by atoms with Gasteiger partial charge >= 0.3 is 0 Å². The van der Waals surface area contributed by atoms with Crippen molar-refractivity contribution in [2.75, 3.05) is 11.4 Å². The molecule has 3 N–H and O–H groups in total. The molecule has 1 aromatic carbocycles. The molecule has 0 bridgehead atoms. The molecule has 0 saturated heterocycles. The third-order valence-electron chi connectivity index (χ3n) is 1.26. The first-order valence-corrected chi connectivity index (χ1v) is 4.95. The van der Waals surface area contributed by atoms with Gasteiger partial charge in [-0.15, -0.1) is 4.83 Å². The highest BCUT2D eigenvalue weighted by molar-refractivity contribution is 7.82. The molecule has 1 atom stereocenters. The number of anilines is 1. The van der Waals surface area contributed by atoms with Gasteiger partial charge in [-0.2, -0.15) is 0 Å². The molecule has 1 rings (SSSR count). The van der Waals surface area contributed by atoms with Gasteiger partial charge in [0.05, 0.1) is 5.69 Å². The van der Waals surface area contributed by atoms with E-state index in [2.05, 4.69) is 4.83 Å². The Bertz CT molecular complexity index is 265. The highest BCUT2D eigenvalue weighted by Crippen LogP contribution is 2.06. The van der Waals surface area contributed by atoms with E-state index in [1.165, 1.54) is 11.4 Å². The van der Waals surface area contributed by atoms with Crippen LogP contribution in [0.3, 0.4) is 0 Å². The molecule has 0 radical (unpaired) electrons. The number of nitrogens with one attached hydrogen (secondary N) is 1. The average molecular weight is 185 g/mol. The quantitative estimate of drug-likeness (QED) is 0.521. The maximum atomic E-state index is 10.7. The molecule has 66 valence electrons. The Labute approximate surface area is 73.9 Å². The van der Waals surface area contributed by atoms with Gasteiger partial charge in [-0.3, -0.25) is 0 Å². The third-order valence-corrected chi connectivity index (χ3v) is 1.72. The number of rotatable bonds is 3. The van der Waals surface area contributed by atoms with E-state index in [1.807, 2.05) is 30.3 Å². The predicted octanol–water partition coefficient (Wildman–Crippen LogP) is 0.165. The normalized spacial score (nSPS) is 12.5. The third kappa shape index (κ3) is 2.61. The van der Waals surface area contributed by atoms with Crippen molar-refractivity contribution in [3.8, 4) is 0 Å². The maximum Gasteiger partial charge on any atom is 0.108 e. The number of hydrogen-bond donors (Lipinski definition) is 2. The minimum absolute atomic E-state index is 0.771. The van der Waals surface area contributed by atoms with E-state index in [0.717, 1.165) is 5.69 Å². The largest absolute Gasteiger partial charge is 0.242 e. The number of nitrogens with zero attached hydrogens (tertiary/aromatic N) is 1. The number of para-hydroxylation sites is 1. The van der Waals surface area contributed by atoms with Crippen LogP contribution in [0.25, 0.3) is 0 Å². The highest BCUT2D eigenvalue weighted by Gasteiger charge is 1.99. The second kappa shape index (κ2) is 4.20. The second-order valence-corrected chi connectivity index (χ2v) is 3.34. The molecule has 0 spiro atoms. The van der Waals surface area contributed by atoms with Crippen LogP contribution in [0.1, 0.15) is 0 Å². The van der Waals surface area contributed by atoms with Gasteiger partial charge in [0.2, 0.25) is 0 Å². The van der Waals surface area contributed by atoms with Crippen molar-refractivity contribution < 1.29 is 4.21 Å². The fourth-order valence-corrected chi connectivity index (χ4v) is 1.16. The van der Waals surface area contributed by atoms with E-state index in [-0.39, 0.29) is 0 Å². The van der Waals surface area contributed by atoms with Crippen molar-refractivity contribution in [1.82, 2.24) is 4.83 Å². The van der Waals surface area contributed by atoms with Crippen LogP contribution in [-0.4, -0.2) is 10.5 Å². The van der Waals surface area contributed by atoms with Crippen LogP contribution in [0.4, 0.5) is 5.69 Å². The summed E-state index contributed by atoms with van der Waals surface area (Å²) < 4.78 is 10.7. The SMILES string of the molecule is CS(=O)NN(N)c1ccccc1. The smallest absolute Gasteiger partial charge is 0.108 e. The molecule has 4 nitrogen and oxygen atoms in total. The Hall–Kier alpha value is -0.910. The van der Waals surface area contributed by atoms with Gasteiger partial charge in [-0.25, -0.2) is 15.2 Å². The van der Waals surface area contributed by atoms with E-state index in [0.29, 0.717) is 0 Å². The number of hydrazine groups is 2. The second-order valence-electron chi connectivity index (χ2n) is 2.25. The Morgan fingerprint density at radius 2 is 2.00 bits per heavy atom. The summed E-state index contributed by atoms with van der Waals surface area (Å²) in [5, 5.41) is 1.23. The molecule has 1 aromatic rings. The molecule has 12 heavy (non-hydrogen) atoms. The predicted molar refractivity (Wildman–Crippen MR) is 50.3 cm³/mol. The summed E-state index contributed by atoms with van der Waals surface area (Å²) >= 11 is 0. The summed E-state index contributed by atoms with van der Waals surface area (Å²) in [6.45, 7) is 0. The molecule has 0 aliphatic heterocycles. The molecule has 0 saturated carbocycles. The lowest BCUT2D eigenvalue weighted by molar-refractivity contribution is 0.671. The van der Waals surface area contributed by atoms with Crippen molar-refractivity contribution in [3.05, 3.63) is 30.3 Å². The van der Waals surface area contributed by atoms with Crippen molar-refractivity contribution >= 4 is 16.7 Å². The molecule has 1 unspecified atom stereocenters. The summed E-state index contributed by atoms with van der Waals surface area (Å²) in [5.41, 5.74) is 0.771. The fourth-order valence-electron chi connectivity index (χ4n) is 0.780. The number of hydrogen-bond acceptors (Lipinski definition) is 3. The van der Waals surface area contributed by atoms with Gasteiger partial charge in [0.1, 0.15) is 11.0 Å². The first-order valence-electron chi connectivity index (χ1n) is 3.40. The molecule has 0 heterocycles. The van der Waals surface area contributed by atoms with E-state index in [9.17, 15) is 4.21 Å². The highest BCUT2D eigenvalue weighted by atomic mass is 32.2. The summed E-state index contributed by atoms with van der Waals surface area (Å²) in [6.07, 6.45) is 1.52. The monoisotopic (exact) mass is 185 g/mol. The average Bonchev–Trinajstić information content (AvgIpc) is 2.05. The van der Waals surface area contributed by atoms with Gasteiger partial charge in [-0.05, 0) is 12.1 Å². The van der Waals surface area contributed by atoms with Crippen molar-refractivity contribution in [2.45, 2.75) is 0 Å². The topological polar surface area (TPSA) is 58.4 Å². The molecule has 5 heteroatoms. The lowest BCUT2D eigenvalue weighted by Gasteiger charge is -2.16. The zero-order valence-corrected chi connectivity index (χ0v) is 7.54. The van der Waals surface area contributed by atoms with Gasteiger partial charge in [-0.1, -0.05) is 18.2 Å². The van der Waals surface area contributed by atoms with Crippen LogP contribution in [0.15, 0.2) is 30.3 Å². The van der Waals surface area contributed by atoms with Gasteiger partial charge in [0.25, 0.3) is 0 Å². The Morgan fingerprint density at radius 1 is 1.42 bits per heavy atom. The Kier molecular flexibility index (Phi) is 3.21. The molecular weight excluding hydrogens is 174 g/mol. The van der Waals surface area contributed by atoms with Crippen molar-refractivity contribution in [2.24, 2.45) is 5.84 Å². The zero-order chi connectivity index (χ0) is 8.97. The van der Waals surface area contributed by atoms with Gasteiger partial charge in [0.15, 0.2) is 0 Å². The summed E-state index contributed by atoms with van der Waals surface area (Å²) in [6, 6.07) is 9.24. The summed E-state index contributed by atoms with van der Waals surface area (Å²) in [4.78, 5) is 2.54. The van der Waals surface area contributed by atoms with E-state index < -0.39 is 11.0 Å². The van der Waals surface area contributed by atoms with Crippen molar-refractivity contribution in [1.29, 1.82) is 0 Å². The minimum atomic E-state index is -1.15. The van der Waals surface area contributed by atoms with Gasteiger partial charge < -0.3 is 0 Å². The Balaban J connectivity index is 2.65. The van der Waals surface area contributed by atoms with Crippen molar-refractivity contribution in [3.63, 3.8) is 0 Å². The van der Waals surface area contributed by atoms with E-state index >= 15 is 0 Å². The molecule has 0 fully saturated rings. The number of benzene rings is 1. The van der Waals surface area contributed by atoms with Crippen LogP contribution < -0.4 is 15.8 Å². The molecular formula is C7H11N3OS. The van der Waals surface area contributed by atoms with Crippen LogP contribution in [-0.2, 0) is 11.0 Å². The summed E-state index contributed by atoms with van der Waals surface area (Å²) in [5.74, 6) is 5.53. The van der Waals surface area contributed by atoms with Crippen LogP contribution >= 0.6 is 0 Å². The van der Waals surface area contributed by atoms with Crippen LogP contribution in [0.5, 0.6) is 0 Å².